The molecule has 108 valence electrons. The minimum absolute atomic E-state index is 0.0891. The Kier molecular flexibility index (Phi) is 4.75. The lowest BCUT2D eigenvalue weighted by molar-refractivity contribution is 0.0943. The molecule has 0 aliphatic carbocycles. The van der Waals surface area contributed by atoms with Crippen LogP contribution in [0.25, 0.3) is 0 Å². The van der Waals surface area contributed by atoms with Gasteiger partial charge in [0.05, 0.1) is 11.9 Å². The van der Waals surface area contributed by atoms with E-state index in [-0.39, 0.29) is 5.91 Å². The molecule has 0 aromatic carbocycles. The molecule has 7 nitrogen and oxygen atoms in total. The highest BCUT2D eigenvalue weighted by Gasteiger charge is 2.11. The van der Waals surface area contributed by atoms with E-state index in [0.29, 0.717) is 17.9 Å². The monoisotopic (exact) mass is 276 g/mol. The van der Waals surface area contributed by atoms with Gasteiger partial charge in [0.25, 0.3) is 5.91 Å². The molecule has 0 aliphatic heterocycles. The van der Waals surface area contributed by atoms with Crippen LogP contribution < -0.4 is 11.1 Å². The average Bonchev–Trinajstić information content (AvgIpc) is 3.05. The molecule has 0 bridgehead atoms. The van der Waals surface area contributed by atoms with Crippen LogP contribution in [0.3, 0.4) is 0 Å². The first-order valence-electron chi connectivity index (χ1n) is 6.78. The molecule has 0 radical (unpaired) electrons. The van der Waals surface area contributed by atoms with Crippen LogP contribution in [-0.4, -0.2) is 32.0 Å². The number of aryl methyl sites for hydroxylation is 2. The number of aromatic nitrogens is 4. The van der Waals surface area contributed by atoms with Gasteiger partial charge in [-0.2, -0.15) is 0 Å². The summed E-state index contributed by atoms with van der Waals surface area (Å²) < 4.78 is 3.63. The Morgan fingerprint density at radius 3 is 3.00 bits per heavy atom. The SMILES string of the molecule is CCCn1cc(N)cc1C(=O)NCCCn1ccnn1. The number of nitrogens with one attached hydrogen (secondary N) is 1. The number of nitrogens with two attached hydrogens (primary N) is 1. The number of nitrogens with zero attached hydrogens (tertiary/aromatic N) is 4. The third-order valence-electron chi connectivity index (χ3n) is 2.94. The number of rotatable bonds is 7. The number of nitrogen functional groups attached to an aromatic ring is 1. The van der Waals surface area contributed by atoms with Crippen molar-refractivity contribution in [1.29, 1.82) is 0 Å². The van der Waals surface area contributed by atoms with Crippen LogP contribution in [0.2, 0.25) is 0 Å². The maximum absolute atomic E-state index is 12.1. The quantitative estimate of drug-likeness (QED) is 0.735. The highest BCUT2D eigenvalue weighted by atomic mass is 16.1. The third-order valence-corrected chi connectivity index (χ3v) is 2.94. The van der Waals surface area contributed by atoms with Crippen molar-refractivity contribution in [3.8, 4) is 0 Å². The fourth-order valence-electron chi connectivity index (χ4n) is 2.03. The number of carbonyl (C=O) groups is 1. The van der Waals surface area contributed by atoms with Crippen molar-refractivity contribution < 1.29 is 4.79 Å². The minimum atomic E-state index is -0.0891. The van der Waals surface area contributed by atoms with Gasteiger partial charge in [-0.3, -0.25) is 9.48 Å². The molecule has 0 saturated heterocycles. The molecule has 2 heterocycles. The number of amides is 1. The number of anilines is 1. The second kappa shape index (κ2) is 6.74. The van der Waals surface area contributed by atoms with Gasteiger partial charge in [-0.25, -0.2) is 0 Å². The smallest absolute Gasteiger partial charge is 0.267 e. The van der Waals surface area contributed by atoms with E-state index in [1.165, 1.54) is 0 Å². The molecule has 0 fully saturated rings. The number of hydrogen-bond donors (Lipinski definition) is 2. The lowest BCUT2D eigenvalue weighted by atomic mass is 10.3. The van der Waals surface area contributed by atoms with Crippen LogP contribution in [0.4, 0.5) is 5.69 Å². The summed E-state index contributed by atoms with van der Waals surface area (Å²) in [6, 6.07) is 1.71. The van der Waals surface area contributed by atoms with Crippen LogP contribution in [0.15, 0.2) is 24.7 Å². The first-order chi connectivity index (χ1) is 9.70. The van der Waals surface area contributed by atoms with E-state index in [2.05, 4.69) is 22.6 Å². The zero-order valence-corrected chi connectivity index (χ0v) is 11.6. The maximum Gasteiger partial charge on any atom is 0.267 e. The van der Waals surface area contributed by atoms with Crippen molar-refractivity contribution >= 4 is 11.6 Å². The molecule has 2 aromatic rings. The van der Waals surface area contributed by atoms with Crippen LogP contribution in [-0.2, 0) is 13.1 Å². The molecule has 7 heteroatoms. The predicted octanol–water partition coefficient (Wildman–Crippen LogP) is 0.892. The molecule has 0 unspecified atom stereocenters. The Morgan fingerprint density at radius 1 is 1.45 bits per heavy atom. The summed E-state index contributed by atoms with van der Waals surface area (Å²) in [6.45, 7) is 4.18. The van der Waals surface area contributed by atoms with E-state index in [0.717, 1.165) is 25.9 Å². The summed E-state index contributed by atoms with van der Waals surface area (Å²) in [5.74, 6) is -0.0891. The van der Waals surface area contributed by atoms with Gasteiger partial charge in [0, 0.05) is 32.0 Å². The summed E-state index contributed by atoms with van der Waals surface area (Å²) in [7, 11) is 0. The van der Waals surface area contributed by atoms with Gasteiger partial charge in [-0.1, -0.05) is 12.1 Å². The van der Waals surface area contributed by atoms with E-state index >= 15 is 0 Å². The van der Waals surface area contributed by atoms with Crippen molar-refractivity contribution in [2.24, 2.45) is 0 Å². The molecule has 3 N–H and O–H groups in total. The van der Waals surface area contributed by atoms with E-state index in [4.69, 9.17) is 5.73 Å². The summed E-state index contributed by atoms with van der Waals surface area (Å²) in [5, 5.41) is 10.5. The van der Waals surface area contributed by atoms with Crippen LogP contribution in [0.1, 0.15) is 30.3 Å². The molecular weight excluding hydrogens is 256 g/mol. The van der Waals surface area contributed by atoms with Gasteiger partial charge in [-0.15, -0.1) is 5.10 Å². The highest BCUT2D eigenvalue weighted by Crippen LogP contribution is 2.11. The molecule has 20 heavy (non-hydrogen) atoms. The van der Waals surface area contributed by atoms with E-state index in [1.807, 2.05) is 4.57 Å². The Hall–Kier alpha value is -2.31. The van der Waals surface area contributed by atoms with Crippen molar-refractivity contribution in [1.82, 2.24) is 24.9 Å². The first kappa shape index (κ1) is 14.1. The Bertz CT molecular complexity index is 545. The summed E-state index contributed by atoms with van der Waals surface area (Å²) >= 11 is 0. The largest absolute Gasteiger partial charge is 0.397 e. The second-order valence-corrected chi connectivity index (χ2v) is 4.63. The van der Waals surface area contributed by atoms with Gasteiger partial charge in [-0.05, 0) is 18.9 Å². The Balaban J connectivity index is 1.82. The van der Waals surface area contributed by atoms with E-state index in [9.17, 15) is 4.79 Å². The molecule has 2 rings (SSSR count). The summed E-state index contributed by atoms with van der Waals surface area (Å²) in [6.07, 6.45) is 7.00. The first-order valence-corrected chi connectivity index (χ1v) is 6.78. The third kappa shape index (κ3) is 3.59. The minimum Gasteiger partial charge on any atom is -0.397 e. The van der Waals surface area contributed by atoms with E-state index < -0.39 is 0 Å². The molecule has 2 aromatic heterocycles. The predicted molar refractivity (Wildman–Crippen MR) is 76.1 cm³/mol. The highest BCUT2D eigenvalue weighted by molar-refractivity contribution is 5.93. The molecule has 0 spiro atoms. The lowest BCUT2D eigenvalue weighted by Gasteiger charge is -2.08. The maximum atomic E-state index is 12.1. The lowest BCUT2D eigenvalue weighted by Crippen LogP contribution is -2.27. The normalized spacial score (nSPS) is 10.7. The Morgan fingerprint density at radius 2 is 2.30 bits per heavy atom. The van der Waals surface area contributed by atoms with Crippen molar-refractivity contribution in [2.75, 3.05) is 12.3 Å². The fourth-order valence-corrected chi connectivity index (χ4v) is 2.03. The number of hydrogen-bond acceptors (Lipinski definition) is 4. The molecular formula is C13H20N6O. The Labute approximate surface area is 117 Å². The molecule has 0 aliphatic rings. The van der Waals surface area contributed by atoms with Crippen molar-refractivity contribution in [2.45, 2.75) is 32.9 Å². The van der Waals surface area contributed by atoms with Crippen LogP contribution in [0.5, 0.6) is 0 Å². The van der Waals surface area contributed by atoms with Gasteiger partial charge >= 0.3 is 0 Å². The fraction of sp³-hybridized carbons (Fsp3) is 0.462. The van der Waals surface area contributed by atoms with Crippen molar-refractivity contribution in [3.05, 3.63) is 30.4 Å². The summed E-state index contributed by atoms with van der Waals surface area (Å²) in [5.41, 5.74) is 6.98. The van der Waals surface area contributed by atoms with Gasteiger partial charge < -0.3 is 15.6 Å². The molecule has 0 atom stereocenters. The molecule has 1 amide bonds. The van der Waals surface area contributed by atoms with Gasteiger partial charge in [0.15, 0.2) is 0 Å². The van der Waals surface area contributed by atoms with Gasteiger partial charge in [0.1, 0.15) is 5.69 Å². The van der Waals surface area contributed by atoms with Crippen molar-refractivity contribution in [3.63, 3.8) is 0 Å². The second-order valence-electron chi connectivity index (χ2n) is 4.63. The zero-order chi connectivity index (χ0) is 14.4. The zero-order valence-electron chi connectivity index (χ0n) is 11.6. The van der Waals surface area contributed by atoms with Crippen LogP contribution >= 0.6 is 0 Å². The van der Waals surface area contributed by atoms with E-state index in [1.54, 1.807) is 29.3 Å². The molecule has 0 saturated carbocycles. The summed E-state index contributed by atoms with van der Waals surface area (Å²) in [4.78, 5) is 12.1. The number of carbonyl (C=O) groups excluding carboxylic acids is 1. The van der Waals surface area contributed by atoms with Crippen LogP contribution in [0, 0.1) is 0 Å². The average molecular weight is 276 g/mol. The van der Waals surface area contributed by atoms with Gasteiger partial charge in [0.2, 0.25) is 0 Å². The topological polar surface area (TPSA) is 90.8 Å². The standard InChI is InChI=1S/C13H20N6O/c1-2-6-18-10-11(14)9-12(18)13(20)15-4-3-7-19-8-5-16-17-19/h5,8-10H,2-4,6-7,14H2,1H3,(H,15,20).